The van der Waals surface area contributed by atoms with E-state index in [2.05, 4.69) is 4.98 Å². The Labute approximate surface area is 191 Å². The van der Waals surface area contributed by atoms with Crippen LogP contribution >= 0.6 is 0 Å². The van der Waals surface area contributed by atoms with Crippen molar-refractivity contribution in [2.45, 2.75) is 38.4 Å². The number of para-hydroxylation sites is 1. The lowest BCUT2D eigenvalue weighted by molar-refractivity contribution is 0.0294. The summed E-state index contributed by atoms with van der Waals surface area (Å²) in [5.74, 6) is 1.06. The van der Waals surface area contributed by atoms with Crippen LogP contribution in [0.3, 0.4) is 0 Å². The number of benzene rings is 3. The SMILES string of the molecule is Cc1nc2ccccc2c(=O)n1-c1ccc(OC2CCC(OC(=O)c3ccccc3)C2)cc1. The van der Waals surface area contributed by atoms with Gasteiger partial charge in [-0.1, -0.05) is 30.3 Å². The second kappa shape index (κ2) is 8.90. The molecule has 2 unspecified atom stereocenters. The molecule has 1 aliphatic carbocycles. The first-order valence-corrected chi connectivity index (χ1v) is 11.1. The molecule has 2 atom stereocenters. The quantitative estimate of drug-likeness (QED) is 0.415. The third-order valence-corrected chi connectivity index (χ3v) is 5.96. The first kappa shape index (κ1) is 20.9. The van der Waals surface area contributed by atoms with Gasteiger partial charge < -0.3 is 9.47 Å². The highest BCUT2D eigenvalue weighted by Gasteiger charge is 2.29. The molecule has 1 fully saturated rings. The smallest absolute Gasteiger partial charge is 0.338 e. The second-order valence-corrected chi connectivity index (χ2v) is 8.26. The summed E-state index contributed by atoms with van der Waals surface area (Å²) in [6, 6.07) is 23.8. The van der Waals surface area contributed by atoms with Crippen LogP contribution in [-0.4, -0.2) is 27.7 Å². The molecule has 1 aromatic heterocycles. The van der Waals surface area contributed by atoms with Crippen LogP contribution in [-0.2, 0) is 4.74 Å². The predicted octanol–water partition coefficient (Wildman–Crippen LogP) is 4.85. The molecule has 3 aromatic carbocycles. The van der Waals surface area contributed by atoms with E-state index in [1.54, 1.807) is 22.8 Å². The summed E-state index contributed by atoms with van der Waals surface area (Å²) in [6.45, 7) is 1.83. The van der Waals surface area contributed by atoms with Gasteiger partial charge in [-0.05, 0) is 68.3 Å². The van der Waals surface area contributed by atoms with E-state index in [1.165, 1.54) is 0 Å². The van der Waals surface area contributed by atoms with Crippen molar-refractivity contribution in [3.63, 3.8) is 0 Å². The number of hydrogen-bond donors (Lipinski definition) is 0. The Balaban J connectivity index is 1.25. The van der Waals surface area contributed by atoms with E-state index >= 15 is 0 Å². The van der Waals surface area contributed by atoms with Crippen LogP contribution in [0.4, 0.5) is 0 Å². The van der Waals surface area contributed by atoms with Crippen molar-refractivity contribution in [2.75, 3.05) is 0 Å². The minimum Gasteiger partial charge on any atom is -0.490 e. The Morgan fingerprint density at radius 1 is 0.909 bits per heavy atom. The van der Waals surface area contributed by atoms with Crippen LogP contribution in [0.2, 0.25) is 0 Å². The molecule has 0 amide bonds. The molecule has 6 nitrogen and oxygen atoms in total. The lowest BCUT2D eigenvalue weighted by atomic mass is 10.2. The van der Waals surface area contributed by atoms with Crippen LogP contribution < -0.4 is 10.3 Å². The van der Waals surface area contributed by atoms with Crippen molar-refractivity contribution >= 4 is 16.9 Å². The van der Waals surface area contributed by atoms with E-state index in [4.69, 9.17) is 9.47 Å². The fourth-order valence-corrected chi connectivity index (χ4v) is 4.32. The summed E-state index contributed by atoms with van der Waals surface area (Å²) in [4.78, 5) is 29.8. The van der Waals surface area contributed by atoms with Gasteiger partial charge in [0.1, 0.15) is 23.8 Å². The Hall–Kier alpha value is -3.93. The number of hydrogen-bond acceptors (Lipinski definition) is 5. The molecule has 0 saturated heterocycles. The Kier molecular flexibility index (Phi) is 5.65. The number of esters is 1. The van der Waals surface area contributed by atoms with Crippen LogP contribution in [0.5, 0.6) is 5.75 Å². The lowest BCUT2D eigenvalue weighted by Gasteiger charge is -2.16. The van der Waals surface area contributed by atoms with Crippen LogP contribution in [0.15, 0.2) is 83.7 Å². The maximum atomic E-state index is 13.0. The van der Waals surface area contributed by atoms with Crippen molar-refractivity contribution in [3.8, 4) is 11.4 Å². The number of aromatic nitrogens is 2. The van der Waals surface area contributed by atoms with E-state index < -0.39 is 0 Å². The van der Waals surface area contributed by atoms with E-state index in [1.807, 2.05) is 67.6 Å². The topological polar surface area (TPSA) is 70.4 Å². The largest absolute Gasteiger partial charge is 0.490 e. The van der Waals surface area contributed by atoms with Crippen molar-refractivity contribution in [3.05, 3.63) is 101 Å². The molecule has 0 aliphatic heterocycles. The van der Waals surface area contributed by atoms with Gasteiger partial charge in [-0.15, -0.1) is 0 Å². The molecule has 4 aromatic rings. The summed E-state index contributed by atoms with van der Waals surface area (Å²) in [5.41, 5.74) is 1.90. The van der Waals surface area contributed by atoms with Gasteiger partial charge >= 0.3 is 5.97 Å². The number of carbonyl (C=O) groups excluding carboxylic acids is 1. The van der Waals surface area contributed by atoms with Gasteiger partial charge in [-0.3, -0.25) is 9.36 Å². The third-order valence-electron chi connectivity index (χ3n) is 5.96. The van der Waals surface area contributed by atoms with E-state index in [-0.39, 0.29) is 23.7 Å². The molecule has 0 radical (unpaired) electrons. The summed E-state index contributed by atoms with van der Waals surface area (Å²) in [6.07, 6.45) is 2.09. The molecule has 1 heterocycles. The molecular weight excluding hydrogens is 416 g/mol. The van der Waals surface area contributed by atoms with Gasteiger partial charge in [0.15, 0.2) is 0 Å². The van der Waals surface area contributed by atoms with E-state index in [0.717, 1.165) is 24.3 Å². The molecule has 6 heteroatoms. The lowest BCUT2D eigenvalue weighted by Crippen LogP contribution is -2.22. The zero-order valence-electron chi connectivity index (χ0n) is 18.3. The molecule has 1 saturated carbocycles. The maximum absolute atomic E-state index is 13.0. The van der Waals surface area contributed by atoms with Gasteiger partial charge in [0.2, 0.25) is 0 Å². The van der Waals surface area contributed by atoms with Crippen LogP contribution in [0.25, 0.3) is 16.6 Å². The van der Waals surface area contributed by atoms with Crippen molar-refractivity contribution < 1.29 is 14.3 Å². The minimum absolute atomic E-state index is 0.0174. The first-order valence-electron chi connectivity index (χ1n) is 11.1. The van der Waals surface area contributed by atoms with Gasteiger partial charge in [0.05, 0.1) is 22.2 Å². The zero-order chi connectivity index (χ0) is 22.8. The zero-order valence-corrected chi connectivity index (χ0v) is 18.3. The minimum atomic E-state index is -0.296. The number of rotatable bonds is 5. The highest BCUT2D eigenvalue weighted by molar-refractivity contribution is 5.89. The Morgan fingerprint density at radius 2 is 1.61 bits per heavy atom. The summed E-state index contributed by atoms with van der Waals surface area (Å²) >= 11 is 0. The molecule has 33 heavy (non-hydrogen) atoms. The number of fused-ring (bicyclic) bond motifs is 1. The fourth-order valence-electron chi connectivity index (χ4n) is 4.32. The maximum Gasteiger partial charge on any atom is 0.338 e. The fraction of sp³-hybridized carbons (Fsp3) is 0.222. The molecule has 0 N–H and O–H groups in total. The van der Waals surface area contributed by atoms with Crippen molar-refractivity contribution in [1.82, 2.24) is 9.55 Å². The van der Waals surface area contributed by atoms with E-state index in [0.29, 0.717) is 28.7 Å². The third kappa shape index (κ3) is 4.37. The molecule has 166 valence electrons. The summed E-state index contributed by atoms with van der Waals surface area (Å²) < 4.78 is 13.4. The average Bonchev–Trinajstić information content (AvgIpc) is 3.27. The van der Waals surface area contributed by atoms with Crippen LogP contribution in [0, 0.1) is 6.92 Å². The van der Waals surface area contributed by atoms with Gasteiger partial charge in [-0.25, -0.2) is 9.78 Å². The Morgan fingerprint density at radius 3 is 2.39 bits per heavy atom. The first-order chi connectivity index (χ1) is 16.1. The highest BCUT2D eigenvalue weighted by Crippen LogP contribution is 2.28. The van der Waals surface area contributed by atoms with Crippen LogP contribution in [0.1, 0.15) is 35.4 Å². The molecule has 0 bridgehead atoms. The number of ether oxygens (including phenoxy) is 2. The second-order valence-electron chi connectivity index (χ2n) is 8.26. The summed E-state index contributed by atoms with van der Waals surface area (Å²) in [5, 5.41) is 0.588. The monoisotopic (exact) mass is 440 g/mol. The number of aryl methyl sites for hydroxylation is 1. The standard InChI is InChI=1S/C27H24N2O4/c1-18-28-25-10-6-5-9-24(25)26(30)29(18)20-11-13-21(14-12-20)32-22-15-16-23(17-22)33-27(31)19-7-3-2-4-8-19/h2-14,22-23H,15-17H2,1H3. The molecule has 0 spiro atoms. The highest BCUT2D eigenvalue weighted by atomic mass is 16.5. The number of carbonyl (C=O) groups is 1. The van der Waals surface area contributed by atoms with Crippen molar-refractivity contribution in [2.24, 2.45) is 0 Å². The molecule has 1 aliphatic rings. The molecular formula is C27H24N2O4. The Bertz CT molecular complexity index is 1350. The molecule has 5 rings (SSSR count). The predicted molar refractivity (Wildman–Crippen MR) is 126 cm³/mol. The van der Waals surface area contributed by atoms with E-state index in [9.17, 15) is 9.59 Å². The van der Waals surface area contributed by atoms with Crippen molar-refractivity contribution in [1.29, 1.82) is 0 Å². The summed E-state index contributed by atoms with van der Waals surface area (Å²) in [7, 11) is 0. The normalized spacial score (nSPS) is 17.7. The average molecular weight is 440 g/mol. The number of nitrogens with zero attached hydrogens (tertiary/aromatic N) is 2. The van der Waals surface area contributed by atoms with Gasteiger partial charge in [-0.2, -0.15) is 0 Å². The van der Waals surface area contributed by atoms with Gasteiger partial charge in [0.25, 0.3) is 5.56 Å². The van der Waals surface area contributed by atoms with Gasteiger partial charge in [0, 0.05) is 6.42 Å².